The van der Waals surface area contributed by atoms with E-state index < -0.39 is 0 Å². The van der Waals surface area contributed by atoms with Gasteiger partial charge >= 0.3 is 0 Å². The van der Waals surface area contributed by atoms with E-state index in [1.807, 2.05) is 78.2 Å². The molecule has 0 saturated carbocycles. The lowest BCUT2D eigenvalue weighted by Gasteiger charge is -2.38. The van der Waals surface area contributed by atoms with Gasteiger partial charge in [0.1, 0.15) is 35.4 Å². The Bertz CT molecular complexity index is 3700. The lowest BCUT2D eigenvalue weighted by molar-refractivity contribution is -0.121. The molecule has 6 N–H and O–H groups in total. The highest BCUT2D eigenvalue weighted by molar-refractivity contribution is 5.94. The number of ether oxygens (including phenoxy) is 5. The average molecular weight is 1550 g/mol. The Morgan fingerprint density at radius 3 is 1.06 bits per heavy atom. The van der Waals surface area contributed by atoms with E-state index in [-0.39, 0.29) is 57.7 Å². The number of benzene rings is 8. The molecule has 12 rings (SSSR count). The molecule has 0 bridgehead atoms. The maximum atomic E-state index is 12.9. The third-order valence-electron chi connectivity index (χ3n) is 20.3. The first-order valence-electron chi connectivity index (χ1n) is 39.9. The number of phenols is 3. The largest absolute Gasteiger partial charge is 0.508 e. The standard InChI is InChI=1S/C31H46N2O6.C22H28N2O2.C19H24N2O.C13H17NO.C6H7NO.3CH4/c1-3-31(34)33(29-14-17-32(18-15-29)16-13-27-7-5-4-6-8-27)28-9-11-30(12-10-28)39-26-25-38-24-23-37-22-21-36-20-19-35-2;1-2-22(26)24(19-8-10-21(25)11-9-19)20-13-16-23(17-14-20)15-12-18-6-4-3-5-7-18;22-19-8-6-17(7-9-19)20-18-11-14-21(15-12-18)13-10-16-4-2-1-3-5-16;15-13-7-10-14(11-8-13)9-6-12-4-2-1-3-5-12;7-5-1-3-6(8)4-2-5;;;/h4-12,29H,3,13-26H2,1-2H3;3-11,20,25H,2,12-17H2,1H3;1-9,18,20,22H,10-15H2;1-5H,6-11H2;1-4,8H,7H2;3*1H4. The van der Waals surface area contributed by atoms with Crippen molar-refractivity contribution in [2.24, 2.45) is 0 Å². The molecular formula is C94H134N8O11. The first-order chi connectivity index (χ1) is 53.8. The first kappa shape index (κ1) is 94.4. The van der Waals surface area contributed by atoms with Crippen LogP contribution in [-0.2, 0) is 59.0 Å². The number of hydrogen-bond acceptors (Lipinski definition) is 17. The molecule has 4 aliphatic heterocycles. The molecule has 0 aromatic heterocycles. The Kier molecular flexibility index (Phi) is 46.3. The summed E-state index contributed by atoms with van der Waals surface area (Å²) in [6, 6.07) is 72.1. The molecule has 0 unspecified atom stereocenters. The number of nitrogens with two attached hydrogens (primary N) is 1. The fourth-order valence-electron chi connectivity index (χ4n) is 13.8. The zero-order chi connectivity index (χ0) is 77.6. The van der Waals surface area contributed by atoms with Gasteiger partial charge in [-0.3, -0.25) is 14.4 Å². The van der Waals surface area contributed by atoms with E-state index in [0.29, 0.717) is 89.0 Å². The first-order valence-corrected chi connectivity index (χ1v) is 39.9. The number of hydrogen-bond donors (Lipinski definition) is 5. The fourth-order valence-corrected chi connectivity index (χ4v) is 13.8. The number of carbonyl (C=O) groups is 3. The average Bonchev–Trinajstić information content (AvgIpc) is 0.826. The van der Waals surface area contributed by atoms with Crippen LogP contribution in [-0.4, -0.2) is 209 Å². The van der Waals surface area contributed by atoms with Crippen molar-refractivity contribution in [3.63, 3.8) is 0 Å². The lowest BCUT2D eigenvalue weighted by Crippen LogP contribution is -2.47. The molecule has 2 amide bonds. The molecule has 19 heteroatoms. The highest BCUT2D eigenvalue weighted by atomic mass is 16.6. The quantitative estimate of drug-likeness (QED) is 0.0147. The van der Waals surface area contributed by atoms with Gasteiger partial charge in [0.05, 0.1) is 46.2 Å². The third-order valence-corrected chi connectivity index (χ3v) is 20.3. The van der Waals surface area contributed by atoms with Gasteiger partial charge in [-0.2, -0.15) is 0 Å². The Labute approximate surface area is 677 Å². The number of anilines is 4. The molecule has 19 nitrogen and oxygen atoms in total. The summed E-state index contributed by atoms with van der Waals surface area (Å²) in [7, 11) is 1.65. The fraction of sp³-hybridized carbons (Fsp3) is 0.457. The molecule has 4 fully saturated rings. The van der Waals surface area contributed by atoms with Gasteiger partial charge in [-0.25, -0.2) is 0 Å². The number of amides is 2. The molecule has 0 spiro atoms. The van der Waals surface area contributed by atoms with Gasteiger partial charge in [0, 0.05) is 152 Å². The summed E-state index contributed by atoms with van der Waals surface area (Å²) >= 11 is 0. The summed E-state index contributed by atoms with van der Waals surface area (Å²) in [5.41, 5.74) is 14.5. The van der Waals surface area contributed by atoms with Gasteiger partial charge < -0.3 is 79.5 Å². The number of piperidine rings is 4. The Hall–Kier alpha value is -9.15. The normalized spacial score (nSPS) is 14.8. The highest BCUT2D eigenvalue weighted by Crippen LogP contribution is 2.30. The third kappa shape index (κ3) is 36.7. The predicted molar refractivity (Wildman–Crippen MR) is 464 cm³/mol. The van der Waals surface area contributed by atoms with Crippen LogP contribution in [0.1, 0.15) is 123 Å². The molecular weight excluding hydrogens is 1420 g/mol. The van der Waals surface area contributed by atoms with Crippen LogP contribution in [0.15, 0.2) is 218 Å². The number of aromatic hydroxyl groups is 3. The number of nitrogens with one attached hydrogen (secondary N) is 1. The van der Waals surface area contributed by atoms with E-state index in [9.17, 15) is 24.6 Å². The molecule has 4 aliphatic rings. The van der Waals surface area contributed by atoms with E-state index in [1.54, 1.807) is 55.6 Å². The number of Topliss-reactive ketones (excluding diaryl/α,β-unsaturated/α-hetero) is 1. The smallest absolute Gasteiger partial charge is 0.226 e. The number of nitrogens with zero attached hydrogens (tertiary/aromatic N) is 6. The predicted octanol–water partition coefficient (Wildman–Crippen LogP) is 16.3. The van der Waals surface area contributed by atoms with Gasteiger partial charge in [-0.1, -0.05) is 157 Å². The van der Waals surface area contributed by atoms with E-state index in [1.165, 1.54) is 35.1 Å². The Balaban J connectivity index is 0.000000269. The molecule has 4 heterocycles. The van der Waals surface area contributed by atoms with Crippen LogP contribution in [0.5, 0.6) is 23.0 Å². The van der Waals surface area contributed by atoms with Crippen molar-refractivity contribution >= 4 is 40.3 Å². The van der Waals surface area contributed by atoms with Gasteiger partial charge in [-0.05, 0) is 184 Å². The monoisotopic (exact) mass is 1550 g/mol. The Morgan fingerprint density at radius 1 is 0.407 bits per heavy atom. The molecule has 0 aliphatic carbocycles. The summed E-state index contributed by atoms with van der Waals surface area (Å²) in [5, 5.41) is 31.1. The van der Waals surface area contributed by atoms with Gasteiger partial charge in [-0.15, -0.1) is 0 Å². The summed E-state index contributed by atoms with van der Waals surface area (Å²) in [4.78, 5) is 50.4. The van der Waals surface area contributed by atoms with Crippen LogP contribution >= 0.6 is 0 Å². The van der Waals surface area contributed by atoms with Crippen LogP contribution in [0.3, 0.4) is 0 Å². The van der Waals surface area contributed by atoms with Gasteiger partial charge in [0.25, 0.3) is 0 Å². The van der Waals surface area contributed by atoms with E-state index in [2.05, 4.69) is 140 Å². The van der Waals surface area contributed by atoms with E-state index >= 15 is 0 Å². The minimum absolute atomic E-state index is 0. The highest BCUT2D eigenvalue weighted by Gasteiger charge is 2.30. The zero-order valence-corrected chi connectivity index (χ0v) is 65.4. The Morgan fingerprint density at radius 2 is 0.717 bits per heavy atom. The number of nitrogen functional groups attached to an aromatic ring is 1. The van der Waals surface area contributed by atoms with Crippen LogP contribution in [0.4, 0.5) is 22.7 Å². The van der Waals surface area contributed by atoms with Crippen molar-refractivity contribution in [3.8, 4) is 23.0 Å². The van der Waals surface area contributed by atoms with Crippen LogP contribution < -0.4 is 25.6 Å². The van der Waals surface area contributed by atoms with E-state index in [4.69, 9.17) is 34.5 Å². The number of phenolic OH excluding ortho intramolecular Hbond substituents is 3. The lowest BCUT2D eigenvalue weighted by atomic mass is 10.0. The zero-order valence-electron chi connectivity index (χ0n) is 65.4. The second kappa shape index (κ2) is 55.3. The summed E-state index contributed by atoms with van der Waals surface area (Å²) in [6.07, 6.45) is 13.1. The maximum Gasteiger partial charge on any atom is 0.226 e. The molecule has 0 atom stereocenters. The minimum Gasteiger partial charge on any atom is -0.508 e. The van der Waals surface area contributed by atoms with Crippen molar-refractivity contribution in [1.29, 1.82) is 0 Å². The van der Waals surface area contributed by atoms with Crippen molar-refractivity contribution in [3.05, 3.63) is 241 Å². The van der Waals surface area contributed by atoms with Crippen LogP contribution in [0.2, 0.25) is 0 Å². The molecule has 4 saturated heterocycles. The van der Waals surface area contributed by atoms with Gasteiger partial charge in [0.15, 0.2) is 0 Å². The summed E-state index contributed by atoms with van der Waals surface area (Å²) < 4.78 is 27.1. The van der Waals surface area contributed by atoms with Gasteiger partial charge in [0.2, 0.25) is 11.8 Å². The summed E-state index contributed by atoms with van der Waals surface area (Å²) in [6.45, 7) is 20.7. The maximum absolute atomic E-state index is 12.9. The van der Waals surface area contributed by atoms with Crippen molar-refractivity contribution < 1.29 is 53.4 Å². The topological polar surface area (TPSA) is 216 Å². The van der Waals surface area contributed by atoms with Crippen molar-refractivity contribution in [1.82, 2.24) is 19.6 Å². The van der Waals surface area contributed by atoms with Crippen LogP contribution in [0, 0.1) is 0 Å². The second-order valence-electron chi connectivity index (χ2n) is 28.3. The van der Waals surface area contributed by atoms with Crippen LogP contribution in [0.25, 0.3) is 0 Å². The van der Waals surface area contributed by atoms with Crippen molar-refractivity contribution in [2.45, 2.75) is 144 Å². The molecule has 0 radical (unpaired) electrons. The molecule has 616 valence electrons. The van der Waals surface area contributed by atoms with E-state index in [0.717, 1.165) is 166 Å². The number of ketones is 1. The minimum atomic E-state index is 0. The number of carbonyl (C=O) groups excluding carboxylic acids is 3. The SMILES string of the molecule is C.C.C.CCC(=O)N(c1ccc(O)cc1)C1CCN(CCc2ccccc2)CC1.CCC(=O)N(c1ccc(OCCOCCOCCOCCOC)cc1)C1CCN(CCc2ccccc2)CC1.Nc1ccc(O)cc1.O=C1CCN(CCc2ccccc2)CC1.Oc1ccc(NC2CCN(CCc3ccccc3)CC2)cc1. The molecule has 8 aromatic carbocycles. The molecule has 113 heavy (non-hydrogen) atoms. The number of methoxy groups -OCH3 is 1. The number of likely N-dealkylation sites (tertiary alicyclic amines) is 4. The second-order valence-corrected chi connectivity index (χ2v) is 28.3. The summed E-state index contributed by atoms with van der Waals surface area (Å²) in [5.74, 6) is 2.31. The van der Waals surface area contributed by atoms with Crippen molar-refractivity contribution in [2.75, 3.05) is 159 Å². The molecule has 8 aromatic rings. The number of rotatable bonds is 33.